The van der Waals surface area contributed by atoms with Gasteiger partial charge in [0.25, 0.3) is 5.91 Å². The molecule has 1 aromatic carbocycles. The van der Waals surface area contributed by atoms with E-state index in [9.17, 15) is 4.79 Å². The maximum atomic E-state index is 12.3. The van der Waals surface area contributed by atoms with Crippen LogP contribution < -0.4 is 19.5 Å². The number of halogens is 1. The Morgan fingerprint density at radius 2 is 1.82 bits per heavy atom. The van der Waals surface area contributed by atoms with E-state index in [0.29, 0.717) is 33.8 Å². The monoisotopic (exact) mass is 374 g/mol. The first kappa shape index (κ1) is 18.6. The lowest BCUT2D eigenvalue weighted by Crippen LogP contribution is -2.27. The highest BCUT2D eigenvalue weighted by Gasteiger charge is 2.22. The first-order valence-corrected chi connectivity index (χ1v) is 7.66. The highest BCUT2D eigenvalue weighted by molar-refractivity contribution is 9.10. The summed E-state index contributed by atoms with van der Waals surface area (Å²) in [5, 5.41) is 2.89. The van der Waals surface area contributed by atoms with Crippen molar-refractivity contribution in [1.29, 1.82) is 0 Å². The summed E-state index contributed by atoms with van der Waals surface area (Å²) in [5.41, 5.74) is 0.444. The topological polar surface area (TPSA) is 60.0 Å². The molecule has 0 fully saturated rings. The zero-order chi connectivity index (χ0) is 16.7. The average Bonchev–Trinajstić information content (AvgIpc) is 2.50. The molecule has 0 heterocycles. The van der Waals surface area contributed by atoms with Gasteiger partial charge in [0.15, 0.2) is 11.5 Å². The van der Waals surface area contributed by atoms with Crippen molar-refractivity contribution in [2.75, 3.05) is 48.5 Å². The fourth-order valence-electron chi connectivity index (χ4n) is 1.98. The summed E-state index contributed by atoms with van der Waals surface area (Å²) in [6.45, 7) is 1.51. The van der Waals surface area contributed by atoms with E-state index < -0.39 is 0 Å². The zero-order valence-electron chi connectivity index (χ0n) is 13.7. The molecule has 0 spiro atoms. The van der Waals surface area contributed by atoms with Gasteiger partial charge in [0, 0.05) is 6.54 Å². The zero-order valence-corrected chi connectivity index (χ0v) is 15.2. The lowest BCUT2D eigenvalue weighted by atomic mass is 10.1. The smallest absolute Gasteiger partial charge is 0.252 e. The van der Waals surface area contributed by atoms with Crippen LogP contribution in [0.4, 0.5) is 0 Å². The van der Waals surface area contributed by atoms with E-state index in [1.165, 1.54) is 21.3 Å². The van der Waals surface area contributed by atoms with E-state index >= 15 is 0 Å². The van der Waals surface area contributed by atoms with Crippen LogP contribution in [-0.4, -0.2) is 59.3 Å². The van der Waals surface area contributed by atoms with Crippen LogP contribution in [0.1, 0.15) is 16.8 Å². The van der Waals surface area contributed by atoms with Gasteiger partial charge in [0.05, 0.1) is 31.4 Å². The molecule has 7 heteroatoms. The number of hydrogen-bond acceptors (Lipinski definition) is 5. The second kappa shape index (κ2) is 8.85. The summed E-state index contributed by atoms with van der Waals surface area (Å²) in [7, 11) is 8.55. The van der Waals surface area contributed by atoms with Crippen molar-refractivity contribution >= 4 is 21.8 Å². The van der Waals surface area contributed by atoms with Gasteiger partial charge in [-0.2, -0.15) is 0 Å². The Bertz CT molecular complexity index is 521. The molecule has 0 bridgehead atoms. The molecule has 1 N–H and O–H groups in total. The standard InChI is InChI=1S/C15H23BrN2O4/c1-18(2)8-6-7-17-15(19)10-9-11(20-3)13(21-4)14(22-5)12(10)16/h9H,6-8H2,1-5H3,(H,17,19). The fourth-order valence-corrected chi connectivity index (χ4v) is 2.62. The highest BCUT2D eigenvalue weighted by Crippen LogP contribution is 2.44. The van der Waals surface area contributed by atoms with E-state index in [1.807, 2.05) is 14.1 Å². The third-order valence-corrected chi connectivity index (χ3v) is 3.87. The van der Waals surface area contributed by atoms with Crippen LogP contribution >= 0.6 is 15.9 Å². The van der Waals surface area contributed by atoms with Crippen molar-refractivity contribution in [2.24, 2.45) is 0 Å². The molecule has 0 aromatic heterocycles. The number of hydrogen-bond donors (Lipinski definition) is 1. The summed E-state index contributed by atoms with van der Waals surface area (Å²) < 4.78 is 16.4. The van der Waals surface area contributed by atoms with Crippen LogP contribution in [0.2, 0.25) is 0 Å². The number of benzene rings is 1. The van der Waals surface area contributed by atoms with Gasteiger partial charge in [-0.25, -0.2) is 0 Å². The fraction of sp³-hybridized carbons (Fsp3) is 0.533. The Labute approximate surface area is 139 Å². The van der Waals surface area contributed by atoms with Gasteiger partial charge in [0.2, 0.25) is 5.75 Å². The number of ether oxygens (including phenoxy) is 3. The Morgan fingerprint density at radius 1 is 1.18 bits per heavy atom. The molecule has 124 valence electrons. The first-order valence-electron chi connectivity index (χ1n) is 6.87. The van der Waals surface area contributed by atoms with Crippen molar-refractivity contribution in [2.45, 2.75) is 6.42 Å². The first-order chi connectivity index (χ1) is 10.5. The van der Waals surface area contributed by atoms with Gasteiger partial charge < -0.3 is 24.4 Å². The van der Waals surface area contributed by atoms with E-state index in [0.717, 1.165) is 13.0 Å². The van der Waals surface area contributed by atoms with Crippen molar-refractivity contribution in [3.8, 4) is 17.2 Å². The lowest BCUT2D eigenvalue weighted by molar-refractivity contribution is 0.0950. The molecule has 6 nitrogen and oxygen atoms in total. The van der Waals surface area contributed by atoms with Gasteiger partial charge in [0.1, 0.15) is 0 Å². The molecule has 1 amide bonds. The van der Waals surface area contributed by atoms with Crippen molar-refractivity contribution in [3.05, 3.63) is 16.1 Å². The van der Waals surface area contributed by atoms with Gasteiger partial charge in [-0.3, -0.25) is 4.79 Å². The molecule has 0 aliphatic rings. The molecule has 1 rings (SSSR count). The summed E-state index contributed by atoms with van der Waals surface area (Å²) in [6.07, 6.45) is 0.876. The second-order valence-corrected chi connectivity index (χ2v) is 5.71. The molecule has 0 aliphatic carbocycles. The number of carbonyl (C=O) groups excluding carboxylic acids is 1. The van der Waals surface area contributed by atoms with Crippen LogP contribution in [0.15, 0.2) is 10.5 Å². The SMILES string of the molecule is COc1cc(C(=O)NCCCN(C)C)c(Br)c(OC)c1OC. The Morgan fingerprint density at radius 3 is 2.32 bits per heavy atom. The molecule has 22 heavy (non-hydrogen) atoms. The largest absolute Gasteiger partial charge is 0.493 e. The molecule has 0 saturated carbocycles. The van der Waals surface area contributed by atoms with Crippen LogP contribution in [0.3, 0.4) is 0 Å². The number of nitrogens with zero attached hydrogens (tertiary/aromatic N) is 1. The second-order valence-electron chi connectivity index (χ2n) is 4.92. The van der Waals surface area contributed by atoms with Crippen LogP contribution in [0.25, 0.3) is 0 Å². The quantitative estimate of drug-likeness (QED) is 0.706. The van der Waals surface area contributed by atoms with Crippen LogP contribution in [-0.2, 0) is 0 Å². The van der Waals surface area contributed by atoms with Crippen molar-refractivity contribution in [1.82, 2.24) is 10.2 Å². The normalized spacial score (nSPS) is 10.5. The molecule has 0 unspecified atom stereocenters. The molecule has 1 aromatic rings. The minimum absolute atomic E-state index is 0.190. The summed E-state index contributed by atoms with van der Waals surface area (Å²) >= 11 is 3.40. The van der Waals surface area contributed by atoms with E-state index in [4.69, 9.17) is 14.2 Å². The van der Waals surface area contributed by atoms with E-state index in [1.54, 1.807) is 6.07 Å². The van der Waals surface area contributed by atoms with Crippen LogP contribution in [0.5, 0.6) is 17.2 Å². The van der Waals surface area contributed by atoms with Gasteiger partial charge in [-0.1, -0.05) is 0 Å². The van der Waals surface area contributed by atoms with E-state index in [2.05, 4.69) is 26.1 Å². The highest BCUT2D eigenvalue weighted by atomic mass is 79.9. The number of amides is 1. The van der Waals surface area contributed by atoms with Crippen LogP contribution in [0, 0.1) is 0 Å². The molecule has 0 aliphatic heterocycles. The van der Waals surface area contributed by atoms with Gasteiger partial charge in [-0.15, -0.1) is 0 Å². The van der Waals surface area contributed by atoms with Crippen molar-refractivity contribution < 1.29 is 19.0 Å². The molecule has 0 saturated heterocycles. The molecule has 0 atom stereocenters. The minimum Gasteiger partial charge on any atom is -0.493 e. The molecular weight excluding hydrogens is 352 g/mol. The maximum absolute atomic E-state index is 12.3. The Hall–Kier alpha value is -1.47. The summed E-state index contributed by atoms with van der Waals surface area (Å²) in [5.74, 6) is 1.13. The average molecular weight is 375 g/mol. The Kier molecular flexibility index (Phi) is 7.47. The van der Waals surface area contributed by atoms with Gasteiger partial charge >= 0.3 is 0 Å². The number of carbonyl (C=O) groups is 1. The Balaban J connectivity index is 2.96. The minimum atomic E-state index is -0.190. The lowest BCUT2D eigenvalue weighted by Gasteiger charge is -2.16. The van der Waals surface area contributed by atoms with Gasteiger partial charge in [-0.05, 0) is 49.1 Å². The number of rotatable bonds is 8. The molecule has 0 radical (unpaired) electrons. The predicted octanol–water partition coefficient (Wildman–Crippen LogP) is 2.16. The summed E-state index contributed by atoms with van der Waals surface area (Å²) in [4.78, 5) is 14.4. The third kappa shape index (κ3) is 4.51. The maximum Gasteiger partial charge on any atom is 0.252 e. The predicted molar refractivity (Wildman–Crippen MR) is 89.3 cm³/mol. The van der Waals surface area contributed by atoms with E-state index in [-0.39, 0.29) is 5.91 Å². The number of nitrogens with one attached hydrogen (secondary N) is 1. The van der Waals surface area contributed by atoms with Crippen molar-refractivity contribution in [3.63, 3.8) is 0 Å². The summed E-state index contributed by atoms with van der Waals surface area (Å²) in [6, 6.07) is 1.63. The molecular formula is C15H23BrN2O4. The number of methoxy groups -OCH3 is 3. The third-order valence-electron chi connectivity index (χ3n) is 3.08.